The lowest BCUT2D eigenvalue weighted by Crippen LogP contribution is -2.10. The molecule has 1 aliphatic rings. The van der Waals surface area contributed by atoms with Crippen molar-refractivity contribution in [2.75, 3.05) is 18.6 Å². The highest BCUT2D eigenvalue weighted by atomic mass is 32.2. The number of ether oxygens (including phenoxy) is 1. The van der Waals surface area contributed by atoms with E-state index in [4.69, 9.17) is 4.52 Å². The molecule has 2 rings (SSSR count). The van der Waals surface area contributed by atoms with E-state index in [0.29, 0.717) is 11.7 Å². The van der Waals surface area contributed by atoms with E-state index >= 15 is 0 Å². The van der Waals surface area contributed by atoms with E-state index < -0.39 is 5.97 Å². The van der Waals surface area contributed by atoms with Crippen LogP contribution >= 0.6 is 11.8 Å². The van der Waals surface area contributed by atoms with Crippen molar-refractivity contribution >= 4 is 17.7 Å². The largest absolute Gasteiger partial charge is 0.462 e. The summed E-state index contributed by atoms with van der Waals surface area (Å²) in [5, 5.41) is 3.81. The highest BCUT2D eigenvalue weighted by Gasteiger charge is 2.23. The molecule has 0 aromatic carbocycles. The Kier molecular flexibility index (Phi) is 3.25. The van der Waals surface area contributed by atoms with Gasteiger partial charge in [0.1, 0.15) is 0 Å². The number of methoxy groups -OCH3 is 1. The molecule has 0 spiro atoms. The van der Waals surface area contributed by atoms with Gasteiger partial charge in [0.15, 0.2) is 5.82 Å². The average molecular weight is 228 g/mol. The zero-order valence-corrected chi connectivity index (χ0v) is 9.25. The van der Waals surface area contributed by atoms with E-state index in [9.17, 15) is 4.79 Å². The van der Waals surface area contributed by atoms with Gasteiger partial charge in [0.2, 0.25) is 0 Å². The summed E-state index contributed by atoms with van der Waals surface area (Å²) in [6.07, 6.45) is 2.09. The molecule has 0 aliphatic carbocycles. The number of hydrogen-bond acceptors (Lipinski definition) is 6. The minimum Gasteiger partial charge on any atom is -0.462 e. The topological polar surface area (TPSA) is 65.2 Å². The van der Waals surface area contributed by atoms with Crippen molar-refractivity contribution in [3.8, 4) is 0 Å². The summed E-state index contributed by atoms with van der Waals surface area (Å²) in [6.45, 7) is 0. The maximum Gasteiger partial charge on any atom is 0.397 e. The SMILES string of the molecule is COC(=O)c1nc(C2CCSCC2)no1. The van der Waals surface area contributed by atoms with Crippen LogP contribution < -0.4 is 0 Å². The first-order chi connectivity index (χ1) is 7.31. The van der Waals surface area contributed by atoms with Crippen molar-refractivity contribution in [2.45, 2.75) is 18.8 Å². The van der Waals surface area contributed by atoms with E-state index in [-0.39, 0.29) is 5.89 Å². The molecule has 82 valence electrons. The molecule has 6 heteroatoms. The Bertz CT molecular complexity index is 347. The monoisotopic (exact) mass is 228 g/mol. The van der Waals surface area contributed by atoms with Gasteiger partial charge in [0.25, 0.3) is 0 Å². The number of nitrogens with zero attached hydrogens (tertiary/aromatic N) is 2. The number of carbonyl (C=O) groups is 1. The van der Waals surface area contributed by atoms with Crippen LogP contribution in [0.4, 0.5) is 0 Å². The fourth-order valence-corrected chi connectivity index (χ4v) is 2.63. The molecule has 1 aliphatic heterocycles. The summed E-state index contributed by atoms with van der Waals surface area (Å²) in [5.41, 5.74) is 0. The van der Waals surface area contributed by atoms with Crippen LogP contribution in [0.2, 0.25) is 0 Å². The van der Waals surface area contributed by atoms with Gasteiger partial charge < -0.3 is 9.26 Å². The minimum atomic E-state index is -0.570. The molecule has 5 nitrogen and oxygen atoms in total. The van der Waals surface area contributed by atoms with Crippen LogP contribution in [0.1, 0.15) is 35.3 Å². The third kappa shape index (κ3) is 2.31. The Balaban J connectivity index is 2.08. The molecule has 0 radical (unpaired) electrons. The molecule has 1 saturated heterocycles. The van der Waals surface area contributed by atoms with Crippen LogP contribution in [0.3, 0.4) is 0 Å². The second-order valence-electron chi connectivity index (χ2n) is 3.34. The summed E-state index contributed by atoms with van der Waals surface area (Å²) < 4.78 is 9.33. The van der Waals surface area contributed by atoms with E-state index in [1.807, 2.05) is 11.8 Å². The molecule has 0 unspecified atom stereocenters. The molecular formula is C9H12N2O3S. The smallest absolute Gasteiger partial charge is 0.397 e. The normalized spacial score (nSPS) is 17.7. The van der Waals surface area contributed by atoms with Gasteiger partial charge in [-0.05, 0) is 24.3 Å². The minimum absolute atomic E-state index is 0.0503. The first-order valence-corrected chi connectivity index (χ1v) is 5.96. The third-order valence-corrected chi connectivity index (χ3v) is 3.44. The fourth-order valence-electron chi connectivity index (χ4n) is 1.53. The van der Waals surface area contributed by atoms with Crippen molar-refractivity contribution in [1.82, 2.24) is 10.1 Å². The van der Waals surface area contributed by atoms with Crippen LogP contribution in [0.5, 0.6) is 0 Å². The van der Waals surface area contributed by atoms with Crippen LogP contribution in [0, 0.1) is 0 Å². The van der Waals surface area contributed by atoms with Gasteiger partial charge in [0, 0.05) is 5.92 Å². The lowest BCUT2D eigenvalue weighted by Gasteiger charge is -2.17. The molecule has 15 heavy (non-hydrogen) atoms. The summed E-state index contributed by atoms with van der Waals surface area (Å²) in [4.78, 5) is 15.1. The highest BCUT2D eigenvalue weighted by Crippen LogP contribution is 2.29. The zero-order chi connectivity index (χ0) is 10.7. The van der Waals surface area contributed by atoms with Crippen molar-refractivity contribution in [3.63, 3.8) is 0 Å². The first kappa shape index (κ1) is 10.5. The van der Waals surface area contributed by atoms with Gasteiger partial charge in [-0.2, -0.15) is 16.7 Å². The number of esters is 1. The number of aromatic nitrogens is 2. The average Bonchev–Trinajstić information content (AvgIpc) is 2.78. The Morgan fingerprint density at radius 1 is 1.53 bits per heavy atom. The van der Waals surface area contributed by atoms with Crippen molar-refractivity contribution in [1.29, 1.82) is 0 Å². The third-order valence-electron chi connectivity index (χ3n) is 2.39. The van der Waals surface area contributed by atoms with Gasteiger partial charge in [0.05, 0.1) is 7.11 Å². The van der Waals surface area contributed by atoms with Crippen LogP contribution in [0.15, 0.2) is 4.52 Å². The van der Waals surface area contributed by atoms with Crippen molar-refractivity contribution in [3.05, 3.63) is 11.7 Å². The van der Waals surface area contributed by atoms with Crippen LogP contribution in [-0.4, -0.2) is 34.7 Å². The molecule has 0 amide bonds. The molecule has 0 atom stereocenters. The van der Waals surface area contributed by atoms with E-state index in [1.165, 1.54) is 7.11 Å². The zero-order valence-electron chi connectivity index (χ0n) is 8.43. The molecule has 0 bridgehead atoms. The highest BCUT2D eigenvalue weighted by molar-refractivity contribution is 7.99. The molecular weight excluding hydrogens is 216 g/mol. The maximum absolute atomic E-state index is 11.1. The summed E-state index contributed by atoms with van der Waals surface area (Å²) in [6, 6.07) is 0. The molecule has 1 aromatic heterocycles. The Morgan fingerprint density at radius 2 is 2.27 bits per heavy atom. The fraction of sp³-hybridized carbons (Fsp3) is 0.667. The molecule has 0 N–H and O–H groups in total. The van der Waals surface area contributed by atoms with Crippen molar-refractivity contribution in [2.24, 2.45) is 0 Å². The first-order valence-electron chi connectivity index (χ1n) is 4.81. The predicted octanol–water partition coefficient (Wildman–Crippen LogP) is 1.47. The standard InChI is InChI=1S/C9H12N2O3S/c1-13-9(12)8-10-7(11-14-8)6-2-4-15-5-3-6/h6H,2-5H2,1H3. The van der Waals surface area contributed by atoms with Crippen molar-refractivity contribution < 1.29 is 14.1 Å². The van der Waals surface area contributed by atoms with E-state index in [2.05, 4.69) is 14.9 Å². The second-order valence-corrected chi connectivity index (χ2v) is 4.56. The van der Waals surface area contributed by atoms with Gasteiger partial charge >= 0.3 is 11.9 Å². The van der Waals surface area contributed by atoms with Gasteiger partial charge in [-0.3, -0.25) is 0 Å². The quantitative estimate of drug-likeness (QED) is 0.714. The van der Waals surface area contributed by atoms with Gasteiger partial charge in [-0.1, -0.05) is 5.16 Å². The Labute approximate surface area is 91.6 Å². The molecule has 2 heterocycles. The number of hydrogen-bond donors (Lipinski definition) is 0. The molecule has 1 fully saturated rings. The van der Waals surface area contributed by atoms with Gasteiger partial charge in [-0.25, -0.2) is 4.79 Å². The summed E-state index contributed by atoms with van der Waals surface area (Å²) >= 11 is 1.93. The lowest BCUT2D eigenvalue weighted by atomic mass is 10.0. The lowest BCUT2D eigenvalue weighted by molar-refractivity contribution is 0.0545. The predicted molar refractivity (Wildman–Crippen MR) is 54.9 cm³/mol. The Hall–Kier alpha value is -1.04. The van der Waals surface area contributed by atoms with Crippen LogP contribution in [0.25, 0.3) is 0 Å². The van der Waals surface area contributed by atoms with Crippen LogP contribution in [-0.2, 0) is 4.74 Å². The van der Waals surface area contributed by atoms with E-state index in [1.54, 1.807) is 0 Å². The Morgan fingerprint density at radius 3 is 2.93 bits per heavy atom. The number of rotatable bonds is 2. The summed E-state index contributed by atoms with van der Waals surface area (Å²) in [5.74, 6) is 2.58. The summed E-state index contributed by atoms with van der Waals surface area (Å²) in [7, 11) is 1.30. The second kappa shape index (κ2) is 4.65. The number of carbonyl (C=O) groups excluding carboxylic acids is 1. The van der Waals surface area contributed by atoms with E-state index in [0.717, 1.165) is 24.3 Å². The molecule has 1 aromatic rings. The number of thioether (sulfide) groups is 1. The molecule has 0 saturated carbocycles. The maximum atomic E-state index is 11.1. The van der Waals surface area contributed by atoms with Gasteiger partial charge in [-0.15, -0.1) is 0 Å².